The van der Waals surface area contributed by atoms with Crippen molar-refractivity contribution in [3.63, 3.8) is 0 Å². The molecule has 0 atom stereocenters. The van der Waals surface area contributed by atoms with Crippen LogP contribution in [0.4, 0.5) is 5.69 Å². The largest absolute Gasteiger partial charge is 0.496 e. The number of carbonyl (C=O) groups is 1. The number of nitrogens with one attached hydrogen (secondary N) is 1. The number of hydrogen-bond donors (Lipinski definition) is 1. The quantitative estimate of drug-likeness (QED) is 0.550. The fraction of sp³-hybridized carbons (Fsp3) is 0.375. The van der Waals surface area contributed by atoms with Crippen LogP contribution < -0.4 is 19.9 Å². The van der Waals surface area contributed by atoms with Gasteiger partial charge in [-0.3, -0.25) is 9.59 Å². The van der Waals surface area contributed by atoms with Gasteiger partial charge in [0.05, 0.1) is 19.2 Å². The first-order valence-electron chi connectivity index (χ1n) is 10.8. The highest BCUT2D eigenvalue weighted by Crippen LogP contribution is 2.29. The van der Waals surface area contributed by atoms with E-state index in [0.717, 1.165) is 24.3 Å². The van der Waals surface area contributed by atoms with Crippen molar-refractivity contribution in [2.45, 2.75) is 6.92 Å². The standard InChI is InChI=1S/C24H28N4O5/c1-16(29)27-8-10-28(11-9-27)18-6-4-17(5-7-18)23-25-20-14-19(33-13-12-31-2)15-21(32-3)22(20)24(30)26-23/h4-7,14-15H,8-13H2,1-3H3,(H,25,26,30). The lowest BCUT2D eigenvalue weighted by molar-refractivity contribution is -0.129. The molecule has 9 heteroatoms. The number of nitrogens with zero attached hydrogens (tertiary/aromatic N) is 3. The van der Waals surface area contributed by atoms with E-state index in [1.165, 1.54) is 7.11 Å². The minimum absolute atomic E-state index is 0.111. The van der Waals surface area contributed by atoms with Gasteiger partial charge in [-0.2, -0.15) is 0 Å². The molecule has 0 aliphatic carbocycles. The minimum Gasteiger partial charge on any atom is -0.496 e. The van der Waals surface area contributed by atoms with E-state index in [9.17, 15) is 9.59 Å². The highest BCUT2D eigenvalue weighted by molar-refractivity contribution is 5.87. The Bertz CT molecular complexity index is 1180. The van der Waals surface area contributed by atoms with Gasteiger partial charge in [-0.05, 0) is 24.3 Å². The predicted octanol–water partition coefficient (Wildman–Crippen LogP) is 2.29. The van der Waals surface area contributed by atoms with Crippen molar-refractivity contribution < 1.29 is 19.0 Å². The van der Waals surface area contributed by atoms with Gasteiger partial charge in [-0.25, -0.2) is 4.98 Å². The Balaban J connectivity index is 1.60. The number of carbonyl (C=O) groups excluding carboxylic acids is 1. The number of ether oxygens (including phenoxy) is 3. The van der Waals surface area contributed by atoms with Crippen molar-refractivity contribution >= 4 is 22.5 Å². The summed E-state index contributed by atoms with van der Waals surface area (Å²) in [6.07, 6.45) is 0. The number of rotatable bonds is 7. The van der Waals surface area contributed by atoms with Crippen molar-refractivity contribution in [3.8, 4) is 22.9 Å². The van der Waals surface area contributed by atoms with Gasteiger partial charge in [0.25, 0.3) is 5.56 Å². The van der Waals surface area contributed by atoms with Crippen molar-refractivity contribution in [3.05, 3.63) is 46.8 Å². The fourth-order valence-corrected chi connectivity index (χ4v) is 3.94. The maximum Gasteiger partial charge on any atom is 0.262 e. The summed E-state index contributed by atoms with van der Waals surface area (Å²) in [6.45, 7) is 5.44. The topological polar surface area (TPSA) is 97.0 Å². The van der Waals surface area contributed by atoms with Crippen LogP contribution in [0, 0.1) is 0 Å². The normalized spacial score (nSPS) is 13.9. The van der Waals surface area contributed by atoms with E-state index in [4.69, 9.17) is 14.2 Å². The molecule has 3 aromatic rings. The molecule has 1 N–H and O–H groups in total. The Morgan fingerprint density at radius 2 is 1.79 bits per heavy atom. The van der Waals surface area contributed by atoms with Crippen LogP contribution in [0.15, 0.2) is 41.2 Å². The van der Waals surface area contributed by atoms with Gasteiger partial charge in [0, 0.05) is 63.6 Å². The Morgan fingerprint density at radius 3 is 2.42 bits per heavy atom. The van der Waals surface area contributed by atoms with Gasteiger partial charge in [-0.1, -0.05) is 0 Å². The van der Waals surface area contributed by atoms with Gasteiger partial charge >= 0.3 is 0 Å². The Hall–Kier alpha value is -3.59. The Morgan fingerprint density at radius 1 is 1.06 bits per heavy atom. The number of benzene rings is 2. The number of methoxy groups -OCH3 is 2. The number of aromatic amines is 1. The number of amides is 1. The number of hydrogen-bond acceptors (Lipinski definition) is 7. The molecule has 9 nitrogen and oxygen atoms in total. The highest BCUT2D eigenvalue weighted by Gasteiger charge is 2.19. The van der Waals surface area contributed by atoms with E-state index in [1.54, 1.807) is 26.2 Å². The summed E-state index contributed by atoms with van der Waals surface area (Å²) >= 11 is 0. The van der Waals surface area contributed by atoms with E-state index in [2.05, 4.69) is 14.9 Å². The molecule has 174 valence electrons. The molecule has 0 unspecified atom stereocenters. The van der Waals surface area contributed by atoms with Crippen LogP contribution in [0.1, 0.15) is 6.92 Å². The summed E-state index contributed by atoms with van der Waals surface area (Å²) in [7, 11) is 3.12. The molecule has 1 fully saturated rings. The SMILES string of the molecule is COCCOc1cc(OC)c2c(=O)[nH]c(-c3ccc(N4CCN(C(C)=O)CC4)cc3)nc2c1. The first kappa shape index (κ1) is 22.6. The van der Waals surface area contributed by atoms with Gasteiger partial charge in [0.1, 0.15) is 29.3 Å². The molecule has 1 aliphatic rings. The van der Waals surface area contributed by atoms with Crippen LogP contribution in [-0.4, -0.2) is 74.4 Å². The summed E-state index contributed by atoms with van der Waals surface area (Å²) in [5, 5.41) is 0.375. The molecule has 2 heterocycles. The molecule has 1 aliphatic heterocycles. The van der Waals surface area contributed by atoms with Crippen LogP contribution in [0.3, 0.4) is 0 Å². The Labute approximate surface area is 191 Å². The molecule has 4 rings (SSSR count). The zero-order valence-corrected chi connectivity index (χ0v) is 19.1. The first-order chi connectivity index (χ1) is 16.0. The number of fused-ring (bicyclic) bond motifs is 1. The second kappa shape index (κ2) is 9.91. The van der Waals surface area contributed by atoms with E-state index in [0.29, 0.717) is 54.5 Å². The summed E-state index contributed by atoms with van der Waals surface area (Å²) in [5.41, 5.74) is 2.08. The highest BCUT2D eigenvalue weighted by atomic mass is 16.5. The summed E-state index contributed by atoms with van der Waals surface area (Å²) in [6, 6.07) is 11.3. The average Bonchev–Trinajstić information content (AvgIpc) is 2.83. The molecule has 0 spiro atoms. The molecule has 33 heavy (non-hydrogen) atoms. The third kappa shape index (κ3) is 4.93. The van der Waals surface area contributed by atoms with Crippen LogP contribution >= 0.6 is 0 Å². The molecule has 1 saturated heterocycles. The van der Waals surface area contributed by atoms with Gasteiger partial charge < -0.3 is 29.0 Å². The number of aromatic nitrogens is 2. The lowest BCUT2D eigenvalue weighted by Crippen LogP contribution is -2.48. The maximum absolute atomic E-state index is 12.8. The zero-order valence-electron chi connectivity index (χ0n) is 19.1. The molecule has 2 aromatic carbocycles. The maximum atomic E-state index is 12.8. The smallest absolute Gasteiger partial charge is 0.262 e. The molecule has 0 saturated carbocycles. The van der Waals surface area contributed by atoms with E-state index in [1.807, 2.05) is 29.2 Å². The molecule has 1 aromatic heterocycles. The third-order valence-corrected chi connectivity index (χ3v) is 5.75. The molecular formula is C24H28N4O5. The summed E-state index contributed by atoms with van der Waals surface area (Å²) < 4.78 is 16.1. The summed E-state index contributed by atoms with van der Waals surface area (Å²) in [5.74, 6) is 1.54. The van der Waals surface area contributed by atoms with Gasteiger partial charge in [0.15, 0.2) is 0 Å². The fourth-order valence-electron chi connectivity index (χ4n) is 3.94. The third-order valence-electron chi connectivity index (χ3n) is 5.75. The van der Waals surface area contributed by atoms with Gasteiger partial charge in [-0.15, -0.1) is 0 Å². The van der Waals surface area contributed by atoms with Crippen LogP contribution in [0.5, 0.6) is 11.5 Å². The number of piperazine rings is 1. The Kier molecular flexibility index (Phi) is 6.79. The van der Waals surface area contributed by atoms with Gasteiger partial charge in [0.2, 0.25) is 5.91 Å². The predicted molar refractivity (Wildman–Crippen MR) is 126 cm³/mol. The van der Waals surface area contributed by atoms with Crippen molar-refractivity contribution in [1.82, 2.24) is 14.9 Å². The first-order valence-corrected chi connectivity index (χ1v) is 10.8. The van der Waals surface area contributed by atoms with E-state index < -0.39 is 0 Å². The summed E-state index contributed by atoms with van der Waals surface area (Å²) in [4.78, 5) is 36.0. The second-order valence-electron chi connectivity index (χ2n) is 7.82. The number of H-pyrrole nitrogens is 1. The van der Waals surface area contributed by atoms with Crippen LogP contribution in [0.2, 0.25) is 0 Å². The molecular weight excluding hydrogens is 424 g/mol. The average molecular weight is 453 g/mol. The minimum atomic E-state index is -0.278. The van der Waals surface area contributed by atoms with Crippen molar-refractivity contribution in [2.75, 3.05) is 58.5 Å². The molecule has 0 bridgehead atoms. The van der Waals surface area contributed by atoms with Crippen molar-refractivity contribution in [1.29, 1.82) is 0 Å². The van der Waals surface area contributed by atoms with E-state index >= 15 is 0 Å². The van der Waals surface area contributed by atoms with Crippen LogP contribution in [-0.2, 0) is 9.53 Å². The van der Waals surface area contributed by atoms with Crippen molar-refractivity contribution in [2.24, 2.45) is 0 Å². The monoisotopic (exact) mass is 452 g/mol. The molecule has 1 amide bonds. The lowest BCUT2D eigenvalue weighted by atomic mass is 10.1. The van der Waals surface area contributed by atoms with E-state index in [-0.39, 0.29) is 11.5 Å². The second-order valence-corrected chi connectivity index (χ2v) is 7.82. The lowest BCUT2D eigenvalue weighted by Gasteiger charge is -2.35. The number of anilines is 1. The molecule has 0 radical (unpaired) electrons. The van der Waals surface area contributed by atoms with Crippen LogP contribution in [0.25, 0.3) is 22.3 Å². The zero-order chi connectivity index (χ0) is 23.4.